The normalized spacial score (nSPS) is 14.9. The number of nitrogens with zero attached hydrogens (tertiary/aromatic N) is 6. The predicted octanol–water partition coefficient (Wildman–Crippen LogP) is 0.600. The molecule has 0 spiro atoms. The van der Waals surface area contributed by atoms with E-state index in [1.165, 1.54) is 18.2 Å². The highest BCUT2D eigenvalue weighted by atomic mass is 16.6. The van der Waals surface area contributed by atoms with Crippen molar-refractivity contribution in [3.8, 4) is 0 Å². The van der Waals surface area contributed by atoms with Gasteiger partial charge in [0.25, 0.3) is 11.2 Å². The monoisotopic (exact) mass is 411 g/mol. The molecule has 0 aliphatic carbocycles. The third kappa shape index (κ3) is 4.06. The van der Waals surface area contributed by atoms with Crippen LogP contribution in [0.15, 0.2) is 46.2 Å². The number of rotatable bonds is 6. The van der Waals surface area contributed by atoms with Crippen LogP contribution in [-0.2, 0) is 6.54 Å². The number of benzene rings is 1. The molecular formula is C19H21N7O4. The summed E-state index contributed by atoms with van der Waals surface area (Å²) < 4.78 is 1.15. The number of aromatic amines is 1. The molecule has 0 amide bonds. The van der Waals surface area contributed by atoms with E-state index in [1.54, 1.807) is 18.5 Å². The summed E-state index contributed by atoms with van der Waals surface area (Å²) in [7, 11) is 0. The molecular weight excluding hydrogens is 390 g/mol. The smallest absolute Gasteiger partial charge is 0.328 e. The lowest BCUT2D eigenvalue weighted by atomic mass is 10.2. The first-order chi connectivity index (χ1) is 14.5. The molecule has 0 saturated carbocycles. The zero-order valence-electron chi connectivity index (χ0n) is 16.2. The van der Waals surface area contributed by atoms with Gasteiger partial charge in [0, 0.05) is 57.3 Å². The fourth-order valence-electron chi connectivity index (χ4n) is 3.64. The lowest BCUT2D eigenvalue weighted by molar-refractivity contribution is -0.384. The van der Waals surface area contributed by atoms with Gasteiger partial charge in [-0.15, -0.1) is 0 Å². The van der Waals surface area contributed by atoms with Crippen molar-refractivity contribution in [2.24, 2.45) is 0 Å². The molecule has 30 heavy (non-hydrogen) atoms. The lowest BCUT2D eigenvalue weighted by Gasteiger charge is -2.34. The van der Waals surface area contributed by atoms with Gasteiger partial charge in [-0.3, -0.25) is 24.4 Å². The lowest BCUT2D eigenvalue weighted by Crippen LogP contribution is -2.47. The molecule has 0 atom stereocenters. The van der Waals surface area contributed by atoms with Crippen LogP contribution in [0, 0.1) is 10.1 Å². The molecule has 1 fully saturated rings. The predicted molar refractivity (Wildman–Crippen MR) is 111 cm³/mol. The maximum absolute atomic E-state index is 12.7. The van der Waals surface area contributed by atoms with Gasteiger partial charge in [0.1, 0.15) is 0 Å². The van der Waals surface area contributed by atoms with Crippen LogP contribution in [0.1, 0.15) is 6.42 Å². The van der Waals surface area contributed by atoms with E-state index in [-0.39, 0.29) is 23.1 Å². The Labute approximate surface area is 170 Å². The van der Waals surface area contributed by atoms with Gasteiger partial charge >= 0.3 is 5.69 Å². The quantitative estimate of drug-likeness (QED) is 0.461. The van der Waals surface area contributed by atoms with E-state index in [4.69, 9.17) is 0 Å². The second kappa shape index (κ2) is 8.41. The minimum absolute atomic E-state index is 0.171. The first kappa shape index (κ1) is 19.7. The Bertz CT molecular complexity index is 1170. The van der Waals surface area contributed by atoms with Gasteiger partial charge in [0.05, 0.1) is 15.8 Å². The van der Waals surface area contributed by atoms with Gasteiger partial charge in [-0.2, -0.15) is 0 Å². The molecule has 3 heterocycles. The van der Waals surface area contributed by atoms with Gasteiger partial charge in [0.2, 0.25) is 5.95 Å². The summed E-state index contributed by atoms with van der Waals surface area (Å²) >= 11 is 0. The summed E-state index contributed by atoms with van der Waals surface area (Å²) in [6.45, 7) is 4.38. The van der Waals surface area contributed by atoms with E-state index in [0.717, 1.165) is 43.2 Å². The van der Waals surface area contributed by atoms with Crippen LogP contribution in [0.2, 0.25) is 0 Å². The molecule has 1 aromatic carbocycles. The molecule has 4 rings (SSSR count). The Morgan fingerprint density at radius 3 is 2.50 bits per heavy atom. The van der Waals surface area contributed by atoms with Crippen molar-refractivity contribution in [3.63, 3.8) is 0 Å². The molecule has 2 aromatic heterocycles. The van der Waals surface area contributed by atoms with Crippen LogP contribution in [0.4, 0.5) is 11.6 Å². The molecule has 0 bridgehead atoms. The minimum Gasteiger partial charge on any atom is -0.338 e. The third-order valence-corrected chi connectivity index (χ3v) is 5.24. The van der Waals surface area contributed by atoms with Crippen LogP contribution >= 0.6 is 0 Å². The number of non-ortho nitro benzene ring substituents is 1. The molecule has 11 heteroatoms. The van der Waals surface area contributed by atoms with Gasteiger partial charge < -0.3 is 9.88 Å². The van der Waals surface area contributed by atoms with Crippen molar-refractivity contribution in [1.29, 1.82) is 0 Å². The molecule has 1 N–H and O–H groups in total. The van der Waals surface area contributed by atoms with Crippen LogP contribution in [0.25, 0.3) is 10.9 Å². The second-order valence-electron chi connectivity index (χ2n) is 7.10. The molecule has 1 saturated heterocycles. The summed E-state index contributed by atoms with van der Waals surface area (Å²) in [4.78, 5) is 50.8. The Morgan fingerprint density at radius 1 is 1.07 bits per heavy atom. The van der Waals surface area contributed by atoms with Crippen molar-refractivity contribution in [2.45, 2.75) is 13.0 Å². The van der Waals surface area contributed by atoms with Crippen molar-refractivity contribution in [2.75, 3.05) is 37.6 Å². The van der Waals surface area contributed by atoms with E-state index >= 15 is 0 Å². The maximum Gasteiger partial charge on any atom is 0.328 e. The number of piperazine rings is 1. The molecule has 1 aliphatic heterocycles. The Hall–Kier alpha value is -3.60. The zero-order chi connectivity index (χ0) is 21.1. The van der Waals surface area contributed by atoms with Crippen LogP contribution in [0.5, 0.6) is 0 Å². The highest BCUT2D eigenvalue weighted by molar-refractivity contribution is 5.79. The van der Waals surface area contributed by atoms with E-state index in [2.05, 4.69) is 24.8 Å². The number of nitrogens with one attached hydrogen (secondary N) is 1. The van der Waals surface area contributed by atoms with Crippen molar-refractivity contribution in [3.05, 3.63) is 67.6 Å². The van der Waals surface area contributed by atoms with E-state index in [0.29, 0.717) is 6.42 Å². The van der Waals surface area contributed by atoms with E-state index < -0.39 is 16.2 Å². The van der Waals surface area contributed by atoms with Crippen molar-refractivity contribution >= 4 is 22.5 Å². The number of hydrogen-bond acceptors (Lipinski definition) is 8. The standard InChI is InChI=1S/C19H21N7O4/c27-17-15-4-3-14(26(29)30)13-16(15)22-19(28)25(17)8-2-7-23-9-11-24(12-10-23)18-20-5-1-6-21-18/h1,3-6,13H,2,7-12H2,(H,22,28). The maximum atomic E-state index is 12.7. The van der Waals surface area contributed by atoms with Crippen LogP contribution in [0.3, 0.4) is 0 Å². The van der Waals surface area contributed by atoms with Gasteiger partial charge in [-0.1, -0.05) is 0 Å². The number of nitro benzene ring substituents is 1. The molecule has 3 aromatic rings. The van der Waals surface area contributed by atoms with Crippen molar-refractivity contribution < 1.29 is 4.92 Å². The highest BCUT2D eigenvalue weighted by Crippen LogP contribution is 2.15. The zero-order valence-corrected chi connectivity index (χ0v) is 16.2. The number of hydrogen-bond donors (Lipinski definition) is 1. The summed E-state index contributed by atoms with van der Waals surface area (Å²) in [6, 6.07) is 5.64. The molecule has 0 unspecified atom stereocenters. The number of anilines is 1. The van der Waals surface area contributed by atoms with Gasteiger partial charge in [-0.25, -0.2) is 14.8 Å². The second-order valence-corrected chi connectivity index (χ2v) is 7.10. The summed E-state index contributed by atoms with van der Waals surface area (Å²) in [5.41, 5.74) is -0.987. The molecule has 1 aliphatic rings. The summed E-state index contributed by atoms with van der Waals surface area (Å²) in [6.07, 6.45) is 4.10. The molecule has 156 valence electrons. The fraction of sp³-hybridized carbons (Fsp3) is 0.368. The molecule has 0 radical (unpaired) electrons. The third-order valence-electron chi connectivity index (χ3n) is 5.24. The number of fused-ring (bicyclic) bond motifs is 1. The first-order valence-electron chi connectivity index (χ1n) is 9.68. The summed E-state index contributed by atoms with van der Waals surface area (Å²) in [5, 5.41) is 11.2. The largest absolute Gasteiger partial charge is 0.338 e. The Kier molecular flexibility index (Phi) is 5.53. The molecule has 11 nitrogen and oxygen atoms in total. The van der Waals surface area contributed by atoms with Crippen LogP contribution < -0.4 is 16.1 Å². The minimum atomic E-state index is -0.563. The highest BCUT2D eigenvalue weighted by Gasteiger charge is 2.18. The Morgan fingerprint density at radius 2 is 1.80 bits per heavy atom. The Balaban J connectivity index is 1.37. The average molecular weight is 411 g/mol. The summed E-state index contributed by atoms with van der Waals surface area (Å²) in [5.74, 6) is 0.728. The topological polar surface area (TPSA) is 130 Å². The van der Waals surface area contributed by atoms with E-state index in [1.807, 2.05) is 0 Å². The van der Waals surface area contributed by atoms with Gasteiger partial charge in [-0.05, 0) is 25.1 Å². The average Bonchev–Trinajstić information content (AvgIpc) is 2.76. The number of aromatic nitrogens is 4. The van der Waals surface area contributed by atoms with Crippen molar-refractivity contribution in [1.82, 2.24) is 24.4 Å². The first-order valence-corrected chi connectivity index (χ1v) is 9.68. The van der Waals surface area contributed by atoms with Crippen LogP contribution in [-0.4, -0.2) is 62.1 Å². The number of H-pyrrole nitrogens is 1. The van der Waals surface area contributed by atoms with Gasteiger partial charge in [0.15, 0.2) is 0 Å². The SMILES string of the molecule is O=c1[nH]c2cc([N+](=O)[O-])ccc2c(=O)n1CCCN1CCN(c2ncccn2)CC1. The number of nitro groups is 1. The van der Waals surface area contributed by atoms with E-state index in [9.17, 15) is 19.7 Å². The fourth-order valence-corrected chi connectivity index (χ4v) is 3.64.